The molecule has 0 saturated carbocycles. The van der Waals surface area contributed by atoms with Gasteiger partial charge in [0.25, 0.3) is 0 Å². The summed E-state index contributed by atoms with van der Waals surface area (Å²) in [6.45, 7) is 1.92. The first-order chi connectivity index (χ1) is 7.20. The number of aryl methyl sites for hydroxylation is 1. The molecule has 0 aliphatic carbocycles. The number of aromatic nitrogens is 2. The van der Waals surface area contributed by atoms with Crippen molar-refractivity contribution in [3.63, 3.8) is 0 Å². The summed E-state index contributed by atoms with van der Waals surface area (Å²) in [4.78, 5) is 20.6. The van der Waals surface area contributed by atoms with Gasteiger partial charge in [0.1, 0.15) is 12.0 Å². The molecule has 0 radical (unpaired) electrons. The molecule has 2 aromatic heterocycles. The van der Waals surface area contributed by atoms with E-state index >= 15 is 0 Å². The largest absolute Gasteiger partial charge is 0.286 e. The van der Waals surface area contributed by atoms with Gasteiger partial charge in [-0.2, -0.15) is 0 Å². The first-order valence-electron chi connectivity index (χ1n) is 4.24. The zero-order chi connectivity index (χ0) is 10.8. The molecule has 0 saturated heterocycles. The van der Waals surface area contributed by atoms with Crippen LogP contribution in [0.1, 0.15) is 20.9 Å². The van der Waals surface area contributed by atoms with Crippen LogP contribution in [0.5, 0.6) is 0 Å². The van der Waals surface area contributed by atoms with Crippen LogP contribution in [0, 0.1) is 6.92 Å². The Balaban J connectivity index is 2.46. The normalized spacial score (nSPS) is 10.3. The fraction of sp³-hybridized carbons (Fsp3) is 0.100. The maximum atomic E-state index is 12.0. The van der Waals surface area contributed by atoms with Gasteiger partial charge in [0, 0.05) is 6.20 Å². The maximum absolute atomic E-state index is 12.0. The monoisotopic (exact) mass is 282 g/mol. The van der Waals surface area contributed by atoms with Crippen LogP contribution in [0.3, 0.4) is 0 Å². The van der Waals surface area contributed by atoms with Crippen LogP contribution in [0.15, 0.2) is 28.4 Å². The molecule has 0 unspecified atom stereocenters. The van der Waals surface area contributed by atoms with E-state index in [1.807, 2.05) is 18.4 Å². The topological polar surface area (TPSA) is 42.9 Å². The van der Waals surface area contributed by atoms with Crippen LogP contribution in [-0.4, -0.2) is 15.8 Å². The third-order valence-electron chi connectivity index (χ3n) is 1.95. The molecule has 15 heavy (non-hydrogen) atoms. The first kappa shape index (κ1) is 10.4. The summed E-state index contributed by atoms with van der Waals surface area (Å²) in [7, 11) is 0. The molecule has 0 aromatic carbocycles. The maximum Gasteiger partial charge on any atom is 0.222 e. The summed E-state index contributed by atoms with van der Waals surface area (Å²) in [5.41, 5.74) is 1.39. The first-order valence-corrected chi connectivity index (χ1v) is 5.91. The molecule has 0 atom stereocenters. The van der Waals surface area contributed by atoms with Crippen LogP contribution in [-0.2, 0) is 0 Å². The van der Waals surface area contributed by atoms with Gasteiger partial charge in [-0.05, 0) is 39.9 Å². The van der Waals surface area contributed by atoms with E-state index in [4.69, 9.17) is 0 Å². The molecular formula is C10H7BrN2OS. The Hall–Kier alpha value is -1.07. The molecule has 0 bridgehead atoms. The molecule has 2 aromatic rings. The molecule has 76 valence electrons. The van der Waals surface area contributed by atoms with E-state index in [-0.39, 0.29) is 5.78 Å². The van der Waals surface area contributed by atoms with E-state index in [1.54, 1.807) is 6.20 Å². The van der Waals surface area contributed by atoms with Crippen molar-refractivity contribution in [3.05, 3.63) is 44.6 Å². The second-order valence-corrected chi connectivity index (χ2v) is 4.75. The predicted molar refractivity (Wildman–Crippen MR) is 62.2 cm³/mol. The number of nitrogens with zero attached hydrogens (tertiary/aromatic N) is 2. The summed E-state index contributed by atoms with van der Waals surface area (Å²) < 4.78 is 0.628. The lowest BCUT2D eigenvalue weighted by Gasteiger charge is -2.00. The molecule has 0 N–H and O–H groups in total. The number of thiophene rings is 1. The smallest absolute Gasteiger partial charge is 0.222 e. The van der Waals surface area contributed by atoms with Gasteiger partial charge in [0.15, 0.2) is 0 Å². The van der Waals surface area contributed by atoms with Crippen LogP contribution < -0.4 is 0 Å². The molecule has 2 rings (SSSR count). The van der Waals surface area contributed by atoms with E-state index in [2.05, 4.69) is 25.9 Å². The molecule has 2 heterocycles. The van der Waals surface area contributed by atoms with Crippen molar-refractivity contribution >= 4 is 33.0 Å². The average Bonchev–Trinajstić information content (AvgIpc) is 2.64. The highest BCUT2D eigenvalue weighted by Gasteiger charge is 2.16. The molecule has 0 spiro atoms. The highest BCUT2D eigenvalue weighted by molar-refractivity contribution is 9.10. The van der Waals surface area contributed by atoms with Crippen LogP contribution in [0.25, 0.3) is 0 Å². The van der Waals surface area contributed by atoms with Crippen LogP contribution in [0.2, 0.25) is 0 Å². The Morgan fingerprint density at radius 2 is 2.33 bits per heavy atom. The number of rotatable bonds is 2. The van der Waals surface area contributed by atoms with Gasteiger partial charge in [-0.15, -0.1) is 11.3 Å². The van der Waals surface area contributed by atoms with Crippen molar-refractivity contribution in [2.45, 2.75) is 6.92 Å². The quantitative estimate of drug-likeness (QED) is 0.796. The Morgan fingerprint density at radius 3 is 2.93 bits per heavy atom. The zero-order valence-electron chi connectivity index (χ0n) is 7.90. The van der Waals surface area contributed by atoms with Gasteiger partial charge in [-0.1, -0.05) is 0 Å². The van der Waals surface area contributed by atoms with Gasteiger partial charge in [-0.25, -0.2) is 9.97 Å². The van der Waals surface area contributed by atoms with Crippen molar-refractivity contribution in [1.82, 2.24) is 9.97 Å². The highest BCUT2D eigenvalue weighted by Crippen LogP contribution is 2.22. The number of ketones is 1. The Labute approximate surface area is 99.3 Å². The summed E-state index contributed by atoms with van der Waals surface area (Å²) in [5.74, 6) is -0.0585. The SMILES string of the molecule is Cc1ccsc1C(=O)c1ncncc1Br. The lowest BCUT2D eigenvalue weighted by molar-refractivity contribution is 0.103. The van der Waals surface area contributed by atoms with Crippen molar-refractivity contribution < 1.29 is 4.79 Å². The summed E-state index contributed by atoms with van der Waals surface area (Å²) in [6, 6.07) is 1.92. The number of hydrogen-bond acceptors (Lipinski definition) is 4. The van der Waals surface area contributed by atoms with Crippen molar-refractivity contribution in [2.75, 3.05) is 0 Å². The number of hydrogen-bond donors (Lipinski definition) is 0. The lowest BCUT2D eigenvalue weighted by Crippen LogP contribution is -2.04. The minimum absolute atomic E-state index is 0.0585. The van der Waals surface area contributed by atoms with E-state index < -0.39 is 0 Å². The molecule has 0 amide bonds. The predicted octanol–water partition coefficient (Wildman–Crippen LogP) is 2.84. The lowest BCUT2D eigenvalue weighted by atomic mass is 10.2. The van der Waals surface area contributed by atoms with E-state index in [0.717, 1.165) is 10.4 Å². The van der Waals surface area contributed by atoms with Crippen LogP contribution in [0.4, 0.5) is 0 Å². The number of carbonyl (C=O) groups excluding carboxylic acids is 1. The van der Waals surface area contributed by atoms with Crippen LogP contribution >= 0.6 is 27.3 Å². The van der Waals surface area contributed by atoms with Gasteiger partial charge < -0.3 is 0 Å². The molecule has 0 aliphatic rings. The molecule has 3 nitrogen and oxygen atoms in total. The fourth-order valence-corrected chi connectivity index (χ4v) is 2.46. The standard InChI is InChI=1S/C10H7BrN2OS/c1-6-2-3-15-10(6)9(14)8-7(11)4-12-5-13-8/h2-5H,1H3. The van der Waals surface area contributed by atoms with E-state index in [1.165, 1.54) is 17.7 Å². The van der Waals surface area contributed by atoms with Crippen molar-refractivity contribution in [3.8, 4) is 0 Å². The Morgan fingerprint density at radius 1 is 1.53 bits per heavy atom. The zero-order valence-corrected chi connectivity index (χ0v) is 10.3. The fourth-order valence-electron chi connectivity index (χ4n) is 1.19. The van der Waals surface area contributed by atoms with Gasteiger partial charge >= 0.3 is 0 Å². The van der Waals surface area contributed by atoms with Gasteiger partial charge in [0.05, 0.1) is 9.35 Å². The number of halogens is 1. The number of carbonyl (C=O) groups is 1. The Bertz CT molecular complexity index is 510. The minimum atomic E-state index is -0.0585. The van der Waals surface area contributed by atoms with Crippen molar-refractivity contribution in [1.29, 1.82) is 0 Å². The summed E-state index contributed by atoms with van der Waals surface area (Å²) in [6.07, 6.45) is 2.95. The molecule has 5 heteroatoms. The van der Waals surface area contributed by atoms with Crippen molar-refractivity contribution in [2.24, 2.45) is 0 Å². The van der Waals surface area contributed by atoms with E-state index in [0.29, 0.717) is 10.2 Å². The third-order valence-corrected chi connectivity index (χ3v) is 3.55. The second kappa shape index (κ2) is 4.20. The van der Waals surface area contributed by atoms with E-state index in [9.17, 15) is 4.79 Å². The summed E-state index contributed by atoms with van der Waals surface area (Å²) >= 11 is 4.70. The highest BCUT2D eigenvalue weighted by atomic mass is 79.9. The molecule has 0 fully saturated rings. The van der Waals surface area contributed by atoms with Gasteiger partial charge in [0.2, 0.25) is 5.78 Å². The molecule has 0 aliphatic heterocycles. The Kier molecular flexibility index (Phi) is 2.93. The summed E-state index contributed by atoms with van der Waals surface area (Å²) in [5, 5.41) is 1.90. The minimum Gasteiger partial charge on any atom is -0.286 e. The molecular weight excluding hydrogens is 276 g/mol. The average molecular weight is 283 g/mol. The second-order valence-electron chi connectivity index (χ2n) is 2.98. The third kappa shape index (κ3) is 1.98. The van der Waals surface area contributed by atoms with Gasteiger partial charge in [-0.3, -0.25) is 4.79 Å².